The first-order chi connectivity index (χ1) is 5.61. The van der Waals surface area contributed by atoms with Gasteiger partial charge in [0.15, 0.2) is 0 Å². The van der Waals surface area contributed by atoms with E-state index in [-0.39, 0.29) is 11.8 Å². The maximum absolute atomic E-state index is 10.3. The van der Waals surface area contributed by atoms with Crippen LogP contribution in [0.15, 0.2) is 12.4 Å². The Kier molecular flexibility index (Phi) is 2.67. The van der Waals surface area contributed by atoms with Gasteiger partial charge in [0, 0.05) is 12.4 Å². The Balaban J connectivity index is 2.64. The van der Waals surface area contributed by atoms with E-state index in [0.717, 1.165) is 0 Å². The van der Waals surface area contributed by atoms with Crippen molar-refractivity contribution in [2.24, 2.45) is 5.73 Å². The summed E-state index contributed by atoms with van der Waals surface area (Å²) in [5.41, 5.74) is 5.27. The van der Waals surface area contributed by atoms with Gasteiger partial charge < -0.3 is 15.4 Å². The van der Waals surface area contributed by atoms with E-state index in [1.807, 2.05) is 0 Å². The average molecular weight is 190 g/mol. The third-order valence-electron chi connectivity index (χ3n) is 1.38. The molecule has 6 heteroatoms. The molecule has 1 atom stereocenters. The maximum atomic E-state index is 10.3. The Bertz CT molecular complexity index is 286. The van der Waals surface area contributed by atoms with Crippen LogP contribution in [-0.4, -0.2) is 26.7 Å². The van der Waals surface area contributed by atoms with Crippen molar-refractivity contribution >= 4 is 17.6 Å². The molecule has 0 aliphatic rings. The summed E-state index contributed by atoms with van der Waals surface area (Å²) in [6.45, 7) is 0.133. The van der Waals surface area contributed by atoms with Crippen LogP contribution in [0.4, 0.5) is 0 Å². The second-order valence-corrected chi connectivity index (χ2v) is 2.63. The summed E-state index contributed by atoms with van der Waals surface area (Å²) in [6.07, 6.45) is 3.06. The fraction of sp³-hybridized carbons (Fsp3) is 0.333. The summed E-state index contributed by atoms with van der Waals surface area (Å²) in [4.78, 5) is 14.0. The fourth-order valence-electron chi connectivity index (χ4n) is 0.737. The molecule has 0 aliphatic heterocycles. The Labute approximate surface area is 73.8 Å². The zero-order valence-corrected chi connectivity index (χ0v) is 6.90. The molecule has 0 spiro atoms. The Morgan fingerprint density at radius 2 is 2.58 bits per heavy atom. The van der Waals surface area contributed by atoms with Crippen LogP contribution < -0.4 is 5.73 Å². The van der Waals surface area contributed by atoms with Crippen molar-refractivity contribution in [1.82, 2.24) is 9.55 Å². The second kappa shape index (κ2) is 3.55. The topological polar surface area (TPSA) is 81.1 Å². The van der Waals surface area contributed by atoms with Crippen molar-refractivity contribution < 1.29 is 9.90 Å². The molecular weight excluding hydrogens is 182 g/mol. The number of carbonyl (C=O) groups is 1. The van der Waals surface area contributed by atoms with Gasteiger partial charge in [-0.05, 0) is 11.6 Å². The first-order valence-electron chi connectivity index (χ1n) is 3.26. The standard InChI is InChI=1S/C6H8ClN3O2/c7-6-9-1-2-10(6)3-4(8)5(11)12/h1-2,4H,3,8H2,(H,11,12). The zero-order valence-electron chi connectivity index (χ0n) is 6.14. The lowest BCUT2D eigenvalue weighted by molar-refractivity contribution is -0.138. The Morgan fingerprint density at radius 3 is 3.00 bits per heavy atom. The van der Waals surface area contributed by atoms with Gasteiger partial charge in [0.05, 0.1) is 6.54 Å². The van der Waals surface area contributed by atoms with E-state index in [1.54, 1.807) is 6.20 Å². The summed E-state index contributed by atoms with van der Waals surface area (Å²) in [5.74, 6) is -1.06. The van der Waals surface area contributed by atoms with E-state index in [1.165, 1.54) is 10.8 Å². The highest BCUT2D eigenvalue weighted by Crippen LogP contribution is 2.04. The minimum absolute atomic E-state index is 0.133. The molecule has 0 aromatic carbocycles. The number of halogens is 1. The molecule has 66 valence electrons. The zero-order chi connectivity index (χ0) is 9.14. The highest BCUT2D eigenvalue weighted by Gasteiger charge is 2.12. The molecule has 1 heterocycles. The van der Waals surface area contributed by atoms with Crippen LogP contribution in [0.1, 0.15) is 0 Å². The van der Waals surface area contributed by atoms with E-state index in [9.17, 15) is 4.79 Å². The molecule has 5 nitrogen and oxygen atoms in total. The van der Waals surface area contributed by atoms with Gasteiger partial charge in [-0.25, -0.2) is 4.98 Å². The quantitative estimate of drug-likeness (QED) is 0.699. The van der Waals surface area contributed by atoms with Crippen LogP contribution in [0.3, 0.4) is 0 Å². The Morgan fingerprint density at radius 1 is 1.92 bits per heavy atom. The highest BCUT2D eigenvalue weighted by atomic mass is 35.5. The number of nitrogens with two attached hydrogens (primary N) is 1. The predicted molar refractivity (Wildman–Crippen MR) is 42.8 cm³/mol. The van der Waals surface area contributed by atoms with E-state index < -0.39 is 12.0 Å². The average Bonchev–Trinajstić information content (AvgIpc) is 2.36. The molecule has 0 saturated carbocycles. The predicted octanol–water partition coefficient (Wildman–Crippen LogP) is -0.0516. The molecule has 1 rings (SSSR count). The van der Waals surface area contributed by atoms with E-state index in [0.29, 0.717) is 0 Å². The number of imidazole rings is 1. The van der Waals surface area contributed by atoms with Gasteiger partial charge in [-0.1, -0.05) is 0 Å². The van der Waals surface area contributed by atoms with Gasteiger partial charge in [0.2, 0.25) is 5.28 Å². The number of aliphatic carboxylic acids is 1. The lowest BCUT2D eigenvalue weighted by atomic mass is 10.3. The first-order valence-corrected chi connectivity index (χ1v) is 3.64. The van der Waals surface area contributed by atoms with Crippen LogP contribution in [0.5, 0.6) is 0 Å². The maximum Gasteiger partial charge on any atom is 0.322 e. The molecule has 1 aromatic rings. The van der Waals surface area contributed by atoms with E-state index in [4.69, 9.17) is 22.4 Å². The molecule has 12 heavy (non-hydrogen) atoms. The molecular formula is C6H8ClN3O2. The van der Waals surface area contributed by atoms with Gasteiger partial charge in [-0.3, -0.25) is 4.79 Å². The van der Waals surface area contributed by atoms with Crippen LogP contribution in [0, 0.1) is 0 Å². The lowest BCUT2D eigenvalue weighted by Crippen LogP contribution is -2.34. The SMILES string of the molecule is NC(Cn1ccnc1Cl)C(=O)O. The first kappa shape index (κ1) is 9.02. The van der Waals surface area contributed by atoms with Crippen LogP contribution in [0.2, 0.25) is 5.28 Å². The number of carboxylic acid groups (broad SMARTS) is 1. The minimum Gasteiger partial charge on any atom is -0.480 e. The number of nitrogens with zero attached hydrogens (tertiary/aromatic N) is 2. The number of hydrogen-bond acceptors (Lipinski definition) is 3. The van der Waals surface area contributed by atoms with E-state index in [2.05, 4.69) is 4.98 Å². The molecule has 0 saturated heterocycles. The second-order valence-electron chi connectivity index (χ2n) is 2.29. The van der Waals surface area contributed by atoms with Crippen molar-refractivity contribution in [3.63, 3.8) is 0 Å². The highest BCUT2D eigenvalue weighted by molar-refractivity contribution is 6.28. The molecule has 0 amide bonds. The summed E-state index contributed by atoms with van der Waals surface area (Å²) >= 11 is 5.59. The van der Waals surface area contributed by atoms with Crippen molar-refractivity contribution in [2.75, 3.05) is 0 Å². The molecule has 1 unspecified atom stereocenters. The van der Waals surface area contributed by atoms with E-state index >= 15 is 0 Å². The van der Waals surface area contributed by atoms with Gasteiger partial charge in [-0.2, -0.15) is 0 Å². The van der Waals surface area contributed by atoms with Crippen LogP contribution >= 0.6 is 11.6 Å². The summed E-state index contributed by atoms with van der Waals surface area (Å²) < 4.78 is 1.47. The molecule has 0 aliphatic carbocycles. The molecule has 0 radical (unpaired) electrons. The lowest BCUT2D eigenvalue weighted by Gasteiger charge is -2.07. The summed E-state index contributed by atoms with van der Waals surface area (Å²) in [5, 5.41) is 8.71. The van der Waals surface area contributed by atoms with Gasteiger partial charge in [0.1, 0.15) is 6.04 Å². The molecule has 0 fully saturated rings. The van der Waals surface area contributed by atoms with Crippen molar-refractivity contribution in [2.45, 2.75) is 12.6 Å². The third kappa shape index (κ3) is 1.96. The summed E-state index contributed by atoms with van der Waals surface area (Å²) in [7, 11) is 0. The monoisotopic (exact) mass is 189 g/mol. The third-order valence-corrected chi connectivity index (χ3v) is 1.69. The van der Waals surface area contributed by atoms with Crippen LogP contribution in [0.25, 0.3) is 0 Å². The summed E-state index contributed by atoms with van der Waals surface area (Å²) in [6, 6.07) is -0.948. The minimum atomic E-state index is -1.06. The fourth-order valence-corrected chi connectivity index (χ4v) is 0.919. The van der Waals surface area contributed by atoms with Crippen molar-refractivity contribution in [3.05, 3.63) is 17.7 Å². The van der Waals surface area contributed by atoms with Gasteiger partial charge in [0.25, 0.3) is 0 Å². The molecule has 3 N–H and O–H groups in total. The number of carboxylic acids is 1. The number of aromatic nitrogens is 2. The smallest absolute Gasteiger partial charge is 0.322 e. The molecule has 0 bridgehead atoms. The van der Waals surface area contributed by atoms with Gasteiger partial charge in [-0.15, -0.1) is 0 Å². The number of hydrogen-bond donors (Lipinski definition) is 2. The largest absolute Gasteiger partial charge is 0.480 e. The van der Waals surface area contributed by atoms with Crippen molar-refractivity contribution in [1.29, 1.82) is 0 Å². The molecule has 1 aromatic heterocycles. The van der Waals surface area contributed by atoms with Gasteiger partial charge >= 0.3 is 5.97 Å². The normalized spacial score (nSPS) is 12.8. The number of rotatable bonds is 3. The van der Waals surface area contributed by atoms with Crippen LogP contribution in [-0.2, 0) is 11.3 Å². The van der Waals surface area contributed by atoms with Crippen molar-refractivity contribution in [3.8, 4) is 0 Å². The Hall–Kier alpha value is -1.07.